The van der Waals surface area contributed by atoms with Crippen LogP contribution in [0.25, 0.3) is 11.0 Å². The molecule has 10 heteroatoms. The van der Waals surface area contributed by atoms with E-state index in [1.54, 1.807) is 11.2 Å². The minimum atomic E-state index is -1.11. The maximum Gasteiger partial charge on any atom is 0.410 e. The fourth-order valence-corrected chi connectivity index (χ4v) is 5.20. The number of hydrogen-bond donors (Lipinski definition) is 1. The number of piperidine rings is 1. The minimum absolute atomic E-state index is 0.113. The van der Waals surface area contributed by atoms with Gasteiger partial charge < -0.3 is 24.3 Å². The van der Waals surface area contributed by atoms with Crippen LogP contribution < -0.4 is 5.32 Å². The number of likely N-dealkylation sites (tertiary alicyclic amines) is 1. The second-order valence-electron chi connectivity index (χ2n) is 10.6. The van der Waals surface area contributed by atoms with Crippen molar-refractivity contribution in [1.82, 2.24) is 19.4 Å². The smallest absolute Gasteiger partial charge is 0.410 e. The highest BCUT2D eigenvalue weighted by Gasteiger charge is 2.28. The third-order valence-electron chi connectivity index (χ3n) is 5.25. The lowest BCUT2D eigenvalue weighted by molar-refractivity contribution is 0.0206. The molecule has 0 aliphatic carbocycles. The summed E-state index contributed by atoms with van der Waals surface area (Å²) in [5, 5.41) is 4.56. The summed E-state index contributed by atoms with van der Waals surface area (Å²) in [6.45, 7) is 15.3. The zero-order valence-corrected chi connectivity index (χ0v) is 23.2. The van der Waals surface area contributed by atoms with Gasteiger partial charge in [0, 0.05) is 43.6 Å². The van der Waals surface area contributed by atoms with E-state index in [1.165, 1.54) is 0 Å². The van der Waals surface area contributed by atoms with Gasteiger partial charge in [0.25, 0.3) is 0 Å². The Morgan fingerprint density at radius 3 is 2.75 bits per heavy atom. The summed E-state index contributed by atoms with van der Waals surface area (Å²) in [6, 6.07) is 1.25. The van der Waals surface area contributed by atoms with Gasteiger partial charge in [-0.25, -0.2) is 14.8 Å². The topological polar surface area (TPSA) is 81.5 Å². The predicted octanol–water partition coefficient (Wildman–Crippen LogP) is 5.16. The zero-order chi connectivity index (χ0) is 23.5. The Kier molecular flexibility index (Phi) is 8.08. The first kappa shape index (κ1) is 25.2. The summed E-state index contributed by atoms with van der Waals surface area (Å²) in [6.07, 6.45) is 5.30. The van der Waals surface area contributed by atoms with Crippen molar-refractivity contribution in [3.63, 3.8) is 0 Å². The first-order valence-corrected chi connectivity index (χ1v) is 16.0. The molecule has 0 unspecified atom stereocenters. The SMILES string of the molecule is CC(C)(C)OC(=O)N1CCC[C@@H](Nc2ncnc3c2c(I)cn3COCC[Si](C)(C)C)C1. The van der Waals surface area contributed by atoms with Crippen molar-refractivity contribution in [3.05, 3.63) is 16.1 Å². The van der Waals surface area contributed by atoms with Crippen LogP contribution >= 0.6 is 22.6 Å². The monoisotopic (exact) mass is 573 g/mol. The molecule has 0 saturated carbocycles. The molecule has 1 fully saturated rings. The molecular weight excluding hydrogens is 537 g/mol. The Balaban J connectivity index is 1.68. The lowest BCUT2D eigenvalue weighted by Crippen LogP contribution is -2.47. The molecule has 1 aliphatic heterocycles. The van der Waals surface area contributed by atoms with Crippen molar-refractivity contribution in [2.75, 3.05) is 25.0 Å². The van der Waals surface area contributed by atoms with Gasteiger partial charge in [-0.3, -0.25) is 0 Å². The van der Waals surface area contributed by atoms with Gasteiger partial charge >= 0.3 is 6.09 Å². The van der Waals surface area contributed by atoms with Crippen LogP contribution in [0.5, 0.6) is 0 Å². The van der Waals surface area contributed by atoms with Crippen molar-refractivity contribution in [3.8, 4) is 0 Å². The van der Waals surface area contributed by atoms with E-state index in [1.807, 2.05) is 25.3 Å². The van der Waals surface area contributed by atoms with Crippen LogP contribution in [-0.2, 0) is 16.2 Å². The van der Waals surface area contributed by atoms with Crippen molar-refractivity contribution < 1.29 is 14.3 Å². The van der Waals surface area contributed by atoms with Gasteiger partial charge in [-0.15, -0.1) is 0 Å². The van der Waals surface area contributed by atoms with E-state index in [2.05, 4.69) is 63.7 Å². The van der Waals surface area contributed by atoms with E-state index < -0.39 is 13.7 Å². The van der Waals surface area contributed by atoms with Gasteiger partial charge in [0.05, 0.1) is 5.39 Å². The first-order chi connectivity index (χ1) is 14.9. The molecule has 1 amide bonds. The van der Waals surface area contributed by atoms with Crippen LogP contribution in [-0.4, -0.2) is 64.9 Å². The highest BCUT2D eigenvalue weighted by Crippen LogP contribution is 2.28. The largest absolute Gasteiger partial charge is 0.444 e. The highest BCUT2D eigenvalue weighted by atomic mass is 127. The van der Waals surface area contributed by atoms with Gasteiger partial charge in [0.1, 0.15) is 30.1 Å². The molecule has 0 spiro atoms. The lowest BCUT2D eigenvalue weighted by atomic mass is 10.1. The molecule has 3 rings (SSSR count). The molecule has 178 valence electrons. The van der Waals surface area contributed by atoms with Crippen molar-refractivity contribution in [2.45, 2.75) is 77.7 Å². The van der Waals surface area contributed by atoms with Crippen LogP contribution in [0.15, 0.2) is 12.5 Å². The molecule has 8 nitrogen and oxygen atoms in total. The Labute approximate surface area is 205 Å². The molecule has 32 heavy (non-hydrogen) atoms. The molecule has 0 bridgehead atoms. The van der Waals surface area contributed by atoms with Crippen LogP contribution in [0.1, 0.15) is 33.6 Å². The van der Waals surface area contributed by atoms with Crippen molar-refractivity contribution in [1.29, 1.82) is 0 Å². The number of amides is 1. The lowest BCUT2D eigenvalue weighted by Gasteiger charge is -2.34. The second kappa shape index (κ2) is 10.2. The summed E-state index contributed by atoms with van der Waals surface area (Å²) in [4.78, 5) is 23.3. The number of carbonyl (C=O) groups excluding carboxylic acids is 1. The molecule has 3 heterocycles. The molecule has 1 saturated heterocycles. The average molecular weight is 574 g/mol. The van der Waals surface area contributed by atoms with E-state index in [0.29, 0.717) is 13.3 Å². The van der Waals surface area contributed by atoms with Gasteiger partial charge in [-0.05, 0) is 62.2 Å². The maximum atomic E-state index is 12.5. The number of ether oxygens (including phenoxy) is 2. The fourth-order valence-electron chi connectivity index (χ4n) is 3.61. The molecule has 1 aliphatic rings. The van der Waals surface area contributed by atoms with Crippen LogP contribution in [0.3, 0.4) is 0 Å². The van der Waals surface area contributed by atoms with Crippen LogP contribution in [0.4, 0.5) is 10.6 Å². The van der Waals surface area contributed by atoms with E-state index in [4.69, 9.17) is 9.47 Å². The van der Waals surface area contributed by atoms with Gasteiger partial charge in [-0.2, -0.15) is 0 Å². The normalized spacial score (nSPS) is 17.6. The fraction of sp³-hybridized carbons (Fsp3) is 0.682. The Morgan fingerprint density at radius 1 is 1.31 bits per heavy atom. The minimum Gasteiger partial charge on any atom is -0.444 e. The average Bonchev–Trinajstić information content (AvgIpc) is 3.00. The predicted molar refractivity (Wildman–Crippen MR) is 139 cm³/mol. The number of nitrogens with zero attached hydrogens (tertiary/aromatic N) is 4. The molecule has 0 aromatic carbocycles. The highest BCUT2D eigenvalue weighted by molar-refractivity contribution is 14.1. The van der Waals surface area contributed by atoms with Crippen molar-refractivity contribution in [2.24, 2.45) is 0 Å². The number of fused-ring (bicyclic) bond motifs is 1. The third kappa shape index (κ3) is 7.05. The number of nitrogens with one attached hydrogen (secondary N) is 1. The van der Waals surface area contributed by atoms with E-state index in [0.717, 1.165) is 52.5 Å². The standard InChI is InChI=1S/C22H36IN5O3Si/c1-22(2,3)31-21(29)27-9-7-8-16(12-27)26-19-18-17(23)13-28(20(18)25-14-24-19)15-30-10-11-32(4,5)6/h13-14,16H,7-12,15H2,1-6H3,(H,24,25,26)/t16-/m1/s1. The zero-order valence-electron chi connectivity index (χ0n) is 20.1. The third-order valence-corrected chi connectivity index (χ3v) is 7.77. The van der Waals surface area contributed by atoms with Gasteiger partial charge in [0.15, 0.2) is 0 Å². The molecule has 2 aromatic rings. The first-order valence-electron chi connectivity index (χ1n) is 11.2. The summed E-state index contributed by atoms with van der Waals surface area (Å²) in [7, 11) is -1.11. The Bertz CT molecular complexity index is 938. The van der Waals surface area contributed by atoms with E-state index in [-0.39, 0.29) is 12.1 Å². The molecular formula is C22H36IN5O3Si. The Morgan fingerprint density at radius 2 is 2.06 bits per heavy atom. The number of carbonyl (C=O) groups is 1. The molecule has 1 atom stereocenters. The number of rotatable bonds is 7. The van der Waals surface area contributed by atoms with Crippen molar-refractivity contribution >= 4 is 53.6 Å². The quantitative estimate of drug-likeness (QED) is 0.280. The van der Waals surface area contributed by atoms with Gasteiger partial charge in [0.2, 0.25) is 0 Å². The Hall–Kier alpha value is -1.40. The number of hydrogen-bond acceptors (Lipinski definition) is 6. The summed E-state index contributed by atoms with van der Waals surface area (Å²) in [5.74, 6) is 0.802. The summed E-state index contributed by atoms with van der Waals surface area (Å²) < 4.78 is 14.6. The maximum absolute atomic E-state index is 12.5. The molecule has 0 radical (unpaired) electrons. The van der Waals surface area contributed by atoms with E-state index in [9.17, 15) is 4.79 Å². The van der Waals surface area contributed by atoms with Gasteiger partial charge in [-0.1, -0.05) is 19.6 Å². The van der Waals surface area contributed by atoms with Crippen LogP contribution in [0, 0.1) is 3.57 Å². The summed E-state index contributed by atoms with van der Waals surface area (Å²) >= 11 is 2.33. The second-order valence-corrected chi connectivity index (χ2v) is 17.4. The summed E-state index contributed by atoms with van der Waals surface area (Å²) in [5.41, 5.74) is 0.367. The molecule has 1 N–H and O–H groups in total. The van der Waals surface area contributed by atoms with E-state index >= 15 is 0 Å². The van der Waals surface area contributed by atoms with Crippen LogP contribution in [0.2, 0.25) is 25.7 Å². The molecule has 2 aromatic heterocycles. The number of aromatic nitrogens is 3. The number of halogens is 1. The number of anilines is 1.